The van der Waals surface area contributed by atoms with Crippen LogP contribution in [0.25, 0.3) is 0 Å². The molecule has 1 fully saturated rings. The van der Waals surface area contributed by atoms with E-state index in [-0.39, 0.29) is 24.2 Å². The highest BCUT2D eigenvalue weighted by Gasteiger charge is 2.33. The molecule has 5 nitrogen and oxygen atoms in total. The Labute approximate surface area is 144 Å². The molecule has 0 aliphatic heterocycles. The third-order valence-electron chi connectivity index (χ3n) is 4.41. The van der Waals surface area contributed by atoms with Gasteiger partial charge in [0.2, 0.25) is 5.91 Å². The van der Waals surface area contributed by atoms with E-state index in [4.69, 9.17) is 15.2 Å². The topological polar surface area (TPSA) is 64.8 Å². The minimum atomic E-state index is 0. The van der Waals surface area contributed by atoms with E-state index >= 15 is 0 Å². The minimum absolute atomic E-state index is 0. The molecule has 0 saturated heterocycles. The maximum Gasteiger partial charge on any atom is 0.225 e. The summed E-state index contributed by atoms with van der Waals surface area (Å²) in [6, 6.07) is 7.52. The standard InChI is InChI=1S/C17H26N2O3.ClH/c1-19(17(20)14-7-5-6-13(14)12-18)10-11-22-16-9-4-3-8-15(16)21-2;/h3-4,8-9,13-14H,5-7,10-12,18H2,1-2H3;1H/t13-,14-;/m1./s1. The van der Waals surface area contributed by atoms with E-state index in [0.717, 1.165) is 19.3 Å². The van der Waals surface area contributed by atoms with Gasteiger partial charge in [-0.15, -0.1) is 12.4 Å². The summed E-state index contributed by atoms with van der Waals surface area (Å²) in [4.78, 5) is 14.2. The first-order valence-electron chi connectivity index (χ1n) is 7.88. The SMILES string of the molecule is COc1ccccc1OCCN(C)C(=O)[C@@H]1CCC[C@@H]1CN.Cl. The van der Waals surface area contributed by atoms with E-state index in [1.165, 1.54) is 0 Å². The van der Waals surface area contributed by atoms with Crippen molar-refractivity contribution in [2.24, 2.45) is 17.6 Å². The second kappa shape index (κ2) is 9.63. The zero-order valence-electron chi connectivity index (χ0n) is 13.9. The Hall–Kier alpha value is -1.46. The number of hydrogen-bond acceptors (Lipinski definition) is 4. The Morgan fingerprint density at radius 3 is 2.65 bits per heavy atom. The number of nitrogens with two attached hydrogens (primary N) is 1. The van der Waals surface area contributed by atoms with Crippen molar-refractivity contribution in [3.05, 3.63) is 24.3 Å². The first-order valence-corrected chi connectivity index (χ1v) is 7.88. The van der Waals surface area contributed by atoms with Crippen LogP contribution in [0, 0.1) is 11.8 Å². The Morgan fingerprint density at radius 1 is 1.30 bits per heavy atom. The molecule has 2 atom stereocenters. The van der Waals surface area contributed by atoms with Gasteiger partial charge in [0, 0.05) is 13.0 Å². The molecule has 130 valence electrons. The predicted molar refractivity (Wildman–Crippen MR) is 93.3 cm³/mol. The van der Waals surface area contributed by atoms with Gasteiger partial charge < -0.3 is 20.1 Å². The number of halogens is 1. The molecule has 0 unspecified atom stereocenters. The van der Waals surface area contributed by atoms with Crippen molar-refractivity contribution in [1.82, 2.24) is 4.90 Å². The van der Waals surface area contributed by atoms with Gasteiger partial charge in [0.05, 0.1) is 13.7 Å². The number of rotatable bonds is 7. The first-order chi connectivity index (χ1) is 10.7. The van der Waals surface area contributed by atoms with Crippen molar-refractivity contribution in [2.75, 3.05) is 33.9 Å². The zero-order valence-corrected chi connectivity index (χ0v) is 14.7. The lowest BCUT2D eigenvalue weighted by Crippen LogP contribution is -2.38. The molecule has 1 amide bonds. The number of nitrogens with zero attached hydrogens (tertiary/aromatic N) is 1. The number of hydrogen-bond donors (Lipinski definition) is 1. The molecule has 1 aromatic rings. The maximum absolute atomic E-state index is 12.5. The number of methoxy groups -OCH3 is 1. The summed E-state index contributed by atoms with van der Waals surface area (Å²) in [6.45, 7) is 1.61. The van der Waals surface area contributed by atoms with Crippen LogP contribution in [-0.2, 0) is 4.79 Å². The second-order valence-corrected chi connectivity index (χ2v) is 5.79. The summed E-state index contributed by atoms with van der Waals surface area (Å²) >= 11 is 0. The molecular weight excluding hydrogens is 316 g/mol. The summed E-state index contributed by atoms with van der Waals surface area (Å²) in [5.74, 6) is 2.02. The van der Waals surface area contributed by atoms with Crippen LogP contribution < -0.4 is 15.2 Å². The number of carbonyl (C=O) groups excluding carboxylic acids is 1. The van der Waals surface area contributed by atoms with Crippen LogP contribution in [0.1, 0.15) is 19.3 Å². The molecule has 0 heterocycles. The molecule has 6 heteroatoms. The fraction of sp³-hybridized carbons (Fsp3) is 0.588. The lowest BCUT2D eigenvalue weighted by atomic mass is 9.95. The van der Waals surface area contributed by atoms with Gasteiger partial charge in [-0.3, -0.25) is 4.79 Å². The molecule has 2 N–H and O–H groups in total. The second-order valence-electron chi connectivity index (χ2n) is 5.79. The van der Waals surface area contributed by atoms with Crippen molar-refractivity contribution < 1.29 is 14.3 Å². The monoisotopic (exact) mass is 342 g/mol. The van der Waals surface area contributed by atoms with Crippen LogP contribution in [0.4, 0.5) is 0 Å². The number of likely N-dealkylation sites (N-methyl/N-ethyl adjacent to an activating group) is 1. The van der Waals surface area contributed by atoms with E-state index < -0.39 is 0 Å². The highest BCUT2D eigenvalue weighted by Crippen LogP contribution is 2.32. The van der Waals surface area contributed by atoms with Gasteiger partial charge in [0.25, 0.3) is 0 Å². The van der Waals surface area contributed by atoms with Crippen molar-refractivity contribution in [2.45, 2.75) is 19.3 Å². The van der Waals surface area contributed by atoms with Crippen LogP contribution in [0.15, 0.2) is 24.3 Å². The molecule has 0 aromatic heterocycles. The molecule has 0 radical (unpaired) electrons. The van der Waals surface area contributed by atoms with Crippen LogP contribution in [0.2, 0.25) is 0 Å². The molecule has 1 aliphatic carbocycles. The lowest BCUT2D eigenvalue weighted by molar-refractivity contribution is -0.135. The van der Waals surface area contributed by atoms with Gasteiger partial charge in [0.1, 0.15) is 6.61 Å². The molecule has 0 bridgehead atoms. The molecule has 2 rings (SSSR count). The number of benzene rings is 1. The van der Waals surface area contributed by atoms with E-state index in [9.17, 15) is 4.79 Å². The highest BCUT2D eigenvalue weighted by atomic mass is 35.5. The fourth-order valence-electron chi connectivity index (χ4n) is 3.07. The van der Waals surface area contributed by atoms with Crippen molar-refractivity contribution in [3.8, 4) is 11.5 Å². The fourth-order valence-corrected chi connectivity index (χ4v) is 3.07. The largest absolute Gasteiger partial charge is 0.493 e. The van der Waals surface area contributed by atoms with Crippen molar-refractivity contribution in [1.29, 1.82) is 0 Å². The maximum atomic E-state index is 12.5. The Bertz CT molecular complexity index is 498. The van der Waals surface area contributed by atoms with Gasteiger partial charge in [0.15, 0.2) is 11.5 Å². The van der Waals surface area contributed by atoms with Crippen LogP contribution >= 0.6 is 12.4 Å². The Balaban J connectivity index is 0.00000264. The smallest absolute Gasteiger partial charge is 0.225 e. The van der Waals surface area contributed by atoms with Crippen LogP contribution in [0.3, 0.4) is 0 Å². The predicted octanol–water partition coefficient (Wildman–Crippen LogP) is 2.33. The van der Waals surface area contributed by atoms with Gasteiger partial charge >= 0.3 is 0 Å². The van der Waals surface area contributed by atoms with Gasteiger partial charge in [-0.2, -0.15) is 0 Å². The van der Waals surface area contributed by atoms with Crippen LogP contribution in [-0.4, -0.2) is 44.7 Å². The number of para-hydroxylation sites is 2. The molecule has 1 aliphatic rings. The molecule has 23 heavy (non-hydrogen) atoms. The van der Waals surface area contributed by atoms with Gasteiger partial charge in [-0.1, -0.05) is 18.6 Å². The average molecular weight is 343 g/mol. The molecule has 0 spiro atoms. The summed E-state index contributed by atoms with van der Waals surface area (Å²) in [5.41, 5.74) is 5.76. The average Bonchev–Trinajstić information content (AvgIpc) is 3.03. The Morgan fingerprint density at radius 2 is 2.00 bits per heavy atom. The van der Waals surface area contributed by atoms with E-state index in [1.807, 2.05) is 31.3 Å². The highest BCUT2D eigenvalue weighted by molar-refractivity contribution is 5.85. The molecule has 1 saturated carbocycles. The van der Waals surface area contributed by atoms with E-state index in [0.29, 0.717) is 37.1 Å². The number of ether oxygens (including phenoxy) is 2. The Kier molecular flexibility index (Phi) is 8.20. The quantitative estimate of drug-likeness (QED) is 0.826. The van der Waals surface area contributed by atoms with E-state index in [1.54, 1.807) is 12.0 Å². The summed E-state index contributed by atoms with van der Waals surface area (Å²) < 4.78 is 11.0. The van der Waals surface area contributed by atoms with Gasteiger partial charge in [-0.05, 0) is 37.4 Å². The normalized spacial score (nSPS) is 19.8. The van der Waals surface area contributed by atoms with Crippen molar-refractivity contribution >= 4 is 18.3 Å². The number of amides is 1. The zero-order chi connectivity index (χ0) is 15.9. The minimum Gasteiger partial charge on any atom is -0.493 e. The molecular formula is C17H27ClN2O3. The lowest BCUT2D eigenvalue weighted by Gasteiger charge is -2.24. The summed E-state index contributed by atoms with van der Waals surface area (Å²) in [7, 11) is 3.45. The first kappa shape index (κ1) is 19.6. The third kappa shape index (κ3) is 5.01. The van der Waals surface area contributed by atoms with Crippen molar-refractivity contribution in [3.63, 3.8) is 0 Å². The summed E-state index contributed by atoms with van der Waals surface area (Å²) in [5, 5.41) is 0. The van der Waals surface area contributed by atoms with E-state index in [2.05, 4.69) is 0 Å². The van der Waals surface area contributed by atoms with Crippen LogP contribution in [0.5, 0.6) is 11.5 Å². The number of carbonyl (C=O) groups is 1. The molecule has 1 aromatic carbocycles. The third-order valence-corrected chi connectivity index (χ3v) is 4.41. The van der Waals surface area contributed by atoms with Gasteiger partial charge in [-0.25, -0.2) is 0 Å². The summed E-state index contributed by atoms with van der Waals surface area (Å²) in [6.07, 6.45) is 3.13.